The molecule has 0 aliphatic carbocycles. The van der Waals surface area contributed by atoms with Gasteiger partial charge < -0.3 is 14.6 Å². The summed E-state index contributed by atoms with van der Waals surface area (Å²) < 4.78 is 11.1. The highest BCUT2D eigenvalue weighted by Crippen LogP contribution is 2.35. The Kier molecular flexibility index (Phi) is 4.41. The van der Waals surface area contributed by atoms with Crippen molar-refractivity contribution in [1.82, 2.24) is 4.98 Å². The molecule has 1 aromatic carbocycles. The predicted octanol–water partition coefficient (Wildman–Crippen LogP) is 3.48. The summed E-state index contributed by atoms with van der Waals surface area (Å²) in [5.41, 5.74) is 0. The van der Waals surface area contributed by atoms with Crippen LogP contribution in [0, 0.1) is 0 Å². The summed E-state index contributed by atoms with van der Waals surface area (Å²) in [6.07, 6.45) is 0. The van der Waals surface area contributed by atoms with Gasteiger partial charge in [0.25, 0.3) is 5.19 Å². The van der Waals surface area contributed by atoms with Crippen LogP contribution in [0.15, 0.2) is 24.3 Å². The molecule has 1 heterocycles. The van der Waals surface area contributed by atoms with Crippen LogP contribution in [0.5, 0.6) is 16.7 Å². The molecule has 2 rings (SSSR count). The number of aliphatic hydroxyl groups is 1. The fraction of sp³-hybridized carbons (Fsp3) is 0.250. The maximum atomic E-state index is 9.04. The Labute approximate surface area is 114 Å². The molecule has 0 saturated heterocycles. The molecule has 0 spiro atoms. The largest absolute Gasteiger partial charge is 0.490 e. The molecule has 6 heteroatoms. The van der Waals surface area contributed by atoms with Crippen LogP contribution in [0.25, 0.3) is 0 Å². The highest BCUT2D eigenvalue weighted by Gasteiger charge is 2.12. The number of aromatic nitrogens is 1. The molecule has 1 N–H and O–H groups in total. The molecule has 0 amide bonds. The smallest absolute Gasteiger partial charge is 0.280 e. The van der Waals surface area contributed by atoms with E-state index in [-0.39, 0.29) is 11.8 Å². The van der Waals surface area contributed by atoms with Crippen LogP contribution in [0.1, 0.15) is 11.8 Å². The van der Waals surface area contributed by atoms with Gasteiger partial charge in [0.05, 0.1) is 18.1 Å². The molecule has 0 fully saturated rings. The van der Waals surface area contributed by atoms with Crippen LogP contribution in [-0.2, 0) is 6.61 Å². The van der Waals surface area contributed by atoms with Crippen molar-refractivity contribution in [2.75, 3.05) is 6.61 Å². The van der Waals surface area contributed by atoms with Gasteiger partial charge in [-0.05, 0) is 19.1 Å². The quantitative estimate of drug-likeness (QED) is 0.914. The number of hydrogen-bond donors (Lipinski definition) is 1. The lowest BCUT2D eigenvalue weighted by molar-refractivity contribution is 0.285. The van der Waals surface area contributed by atoms with Crippen LogP contribution in [0.4, 0.5) is 0 Å². The highest BCUT2D eigenvalue weighted by molar-refractivity contribution is 7.13. The third kappa shape index (κ3) is 2.93. The number of thiazole rings is 1. The van der Waals surface area contributed by atoms with Gasteiger partial charge in [-0.15, -0.1) is 0 Å². The second kappa shape index (κ2) is 6.04. The zero-order valence-corrected chi connectivity index (χ0v) is 11.3. The lowest BCUT2D eigenvalue weighted by Crippen LogP contribution is -1.94. The zero-order valence-electron chi connectivity index (χ0n) is 9.72. The Bertz CT molecular complexity index is 530. The maximum absolute atomic E-state index is 9.04. The van der Waals surface area contributed by atoms with Crippen molar-refractivity contribution < 1.29 is 14.6 Å². The number of nitrogens with zero attached hydrogens (tertiary/aromatic N) is 1. The molecule has 2 aromatic rings. The standard InChI is InChI=1S/C12H12ClNO3S/c1-2-16-8-5-3-4-6-9(8)17-12-14-11(13)10(7-15)18-12/h3-6,15H,2,7H2,1H3. The fourth-order valence-corrected chi connectivity index (χ4v) is 2.33. The van der Waals surface area contributed by atoms with Crippen molar-refractivity contribution in [3.8, 4) is 16.7 Å². The average molecular weight is 286 g/mol. The summed E-state index contributed by atoms with van der Waals surface area (Å²) in [6.45, 7) is 2.31. The molecular weight excluding hydrogens is 274 g/mol. The fourth-order valence-electron chi connectivity index (χ4n) is 1.36. The second-order valence-electron chi connectivity index (χ2n) is 3.33. The summed E-state index contributed by atoms with van der Waals surface area (Å²) in [5, 5.41) is 9.70. The molecule has 0 atom stereocenters. The molecule has 96 valence electrons. The van der Waals surface area contributed by atoms with Crippen LogP contribution in [0.3, 0.4) is 0 Å². The first-order valence-electron chi connectivity index (χ1n) is 5.40. The summed E-state index contributed by atoms with van der Waals surface area (Å²) in [6, 6.07) is 7.33. The van der Waals surface area contributed by atoms with Crippen molar-refractivity contribution in [2.45, 2.75) is 13.5 Å². The van der Waals surface area contributed by atoms with E-state index in [1.165, 1.54) is 11.3 Å². The van der Waals surface area contributed by atoms with Gasteiger partial charge in [0.2, 0.25) is 0 Å². The Hall–Kier alpha value is -1.30. The van der Waals surface area contributed by atoms with E-state index in [1.54, 1.807) is 6.07 Å². The third-order valence-corrected chi connectivity index (χ3v) is 3.46. The van der Waals surface area contributed by atoms with Gasteiger partial charge in [-0.2, -0.15) is 4.98 Å². The first-order chi connectivity index (χ1) is 8.74. The highest BCUT2D eigenvalue weighted by atomic mass is 35.5. The number of aliphatic hydroxyl groups excluding tert-OH is 1. The van der Waals surface area contributed by atoms with Crippen LogP contribution in [0.2, 0.25) is 5.15 Å². The van der Waals surface area contributed by atoms with Gasteiger partial charge >= 0.3 is 0 Å². The topological polar surface area (TPSA) is 51.6 Å². The van der Waals surface area contributed by atoms with E-state index in [0.29, 0.717) is 28.2 Å². The van der Waals surface area contributed by atoms with E-state index in [0.717, 1.165) is 0 Å². The molecule has 0 bridgehead atoms. The number of benzene rings is 1. The summed E-state index contributed by atoms with van der Waals surface area (Å²) >= 11 is 7.05. The van der Waals surface area contributed by atoms with Crippen LogP contribution in [-0.4, -0.2) is 16.7 Å². The molecule has 0 radical (unpaired) electrons. The van der Waals surface area contributed by atoms with Gasteiger partial charge in [0, 0.05) is 0 Å². The number of para-hydroxylation sites is 2. The van der Waals surface area contributed by atoms with Crippen molar-refractivity contribution in [2.24, 2.45) is 0 Å². The summed E-state index contributed by atoms with van der Waals surface area (Å²) in [5.74, 6) is 1.23. The van der Waals surface area contributed by atoms with E-state index in [9.17, 15) is 0 Å². The van der Waals surface area contributed by atoms with E-state index >= 15 is 0 Å². The molecule has 0 saturated carbocycles. The number of hydrogen-bond acceptors (Lipinski definition) is 5. The van der Waals surface area contributed by atoms with Gasteiger partial charge in [-0.3, -0.25) is 0 Å². The first kappa shape index (κ1) is 13.1. The number of ether oxygens (including phenoxy) is 2. The Balaban J connectivity index is 2.22. The van der Waals surface area contributed by atoms with Crippen molar-refractivity contribution >= 4 is 22.9 Å². The summed E-state index contributed by atoms with van der Waals surface area (Å²) in [7, 11) is 0. The lowest BCUT2D eigenvalue weighted by atomic mass is 10.3. The molecule has 0 unspecified atom stereocenters. The minimum atomic E-state index is -0.146. The first-order valence-corrected chi connectivity index (χ1v) is 6.59. The number of halogens is 1. The third-order valence-electron chi connectivity index (χ3n) is 2.12. The molecule has 4 nitrogen and oxygen atoms in total. The second-order valence-corrected chi connectivity index (χ2v) is 4.74. The molecule has 18 heavy (non-hydrogen) atoms. The average Bonchev–Trinajstić information content (AvgIpc) is 2.72. The normalized spacial score (nSPS) is 10.4. The predicted molar refractivity (Wildman–Crippen MR) is 70.7 cm³/mol. The lowest BCUT2D eigenvalue weighted by Gasteiger charge is -2.08. The van der Waals surface area contributed by atoms with Crippen molar-refractivity contribution in [3.05, 3.63) is 34.3 Å². The maximum Gasteiger partial charge on any atom is 0.280 e. The molecule has 1 aromatic heterocycles. The Morgan fingerprint density at radius 3 is 2.67 bits per heavy atom. The molecule has 0 aliphatic rings. The van der Waals surface area contributed by atoms with E-state index in [4.69, 9.17) is 26.2 Å². The Morgan fingerprint density at radius 1 is 1.33 bits per heavy atom. The van der Waals surface area contributed by atoms with Crippen molar-refractivity contribution in [1.29, 1.82) is 0 Å². The van der Waals surface area contributed by atoms with E-state index in [2.05, 4.69) is 4.98 Å². The minimum absolute atomic E-state index is 0.146. The van der Waals surface area contributed by atoms with Crippen molar-refractivity contribution in [3.63, 3.8) is 0 Å². The van der Waals surface area contributed by atoms with Gasteiger partial charge in [-0.1, -0.05) is 35.1 Å². The monoisotopic (exact) mass is 285 g/mol. The zero-order chi connectivity index (χ0) is 13.0. The van der Waals surface area contributed by atoms with E-state index in [1.807, 2.05) is 25.1 Å². The Morgan fingerprint density at radius 2 is 2.06 bits per heavy atom. The number of rotatable bonds is 5. The van der Waals surface area contributed by atoms with Crippen LogP contribution >= 0.6 is 22.9 Å². The van der Waals surface area contributed by atoms with Gasteiger partial charge in [0.1, 0.15) is 5.15 Å². The van der Waals surface area contributed by atoms with Gasteiger partial charge in [-0.25, -0.2) is 0 Å². The van der Waals surface area contributed by atoms with Gasteiger partial charge in [0.15, 0.2) is 11.5 Å². The minimum Gasteiger partial charge on any atom is -0.490 e. The van der Waals surface area contributed by atoms with Crippen LogP contribution < -0.4 is 9.47 Å². The molecular formula is C12H12ClNO3S. The molecule has 0 aliphatic heterocycles. The SMILES string of the molecule is CCOc1ccccc1Oc1nc(Cl)c(CO)s1. The van der Waals surface area contributed by atoms with E-state index < -0.39 is 0 Å². The summed E-state index contributed by atoms with van der Waals surface area (Å²) in [4.78, 5) is 4.61.